The molecule has 48 heavy (non-hydrogen) atoms. The van der Waals surface area contributed by atoms with Crippen LogP contribution in [0.15, 0.2) is 42.0 Å². The molecule has 1 amide bonds. The van der Waals surface area contributed by atoms with Gasteiger partial charge in [0.1, 0.15) is 6.61 Å². The molecule has 1 saturated heterocycles. The van der Waals surface area contributed by atoms with Gasteiger partial charge in [-0.25, -0.2) is 0 Å². The van der Waals surface area contributed by atoms with Gasteiger partial charge in [-0.1, -0.05) is 77.4 Å². The molecule has 10 atom stereocenters. The number of nitrogens with one attached hydrogen (secondary N) is 2. The Morgan fingerprint density at radius 3 is 2.33 bits per heavy atom. The van der Waals surface area contributed by atoms with Crippen molar-refractivity contribution in [2.45, 2.75) is 138 Å². The largest absolute Gasteiger partial charge is 0.460 e. The van der Waals surface area contributed by atoms with Crippen LogP contribution in [0.2, 0.25) is 0 Å². The first-order valence-electron chi connectivity index (χ1n) is 19.1. The number of hydrogen-bond donors (Lipinski definition) is 2. The third kappa shape index (κ3) is 5.00. The molecule has 1 aliphatic heterocycles. The maximum Gasteiger partial charge on any atom is 0.312 e. The summed E-state index contributed by atoms with van der Waals surface area (Å²) in [6, 6.07) is 9.99. The van der Waals surface area contributed by atoms with E-state index in [9.17, 15) is 14.4 Å². The number of hydrogen-bond acceptors (Lipinski definition) is 5. The van der Waals surface area contributed by atoms with Crippen LogP contribution >= 0.6 is 0 Å². The van der Waals surface area contributed by atoms with Crippen molar-refractivity contribution >= 4 is 17.7 Å². The standard InChI is InChI=1S/C42H60N2O4/c1-37(2)32-15-18-42(7)34(40(32,5)17-16-33(37)44-35(46)30-14-11-23-43-30)31(45)24-28-29-25-39(4,20-19-38(29,3)21-22-41(28,42)6)36(47)48-26-27-12-9-8-10-13-27/h8-10,12-13,24,29-30,32-34,43H,11,14-23,25-26H2,1-7H3,(H,44,46)/t29-,30-,32-,33-,34+,38+,39-,40-,41+,42+/m0/s1. The van der Waals surface area contributed by atoms with Crippen LogP contribution in [-0.2, 0) is 25.7 Å². The molecule has 262 valence electrons. The summed E-state index contributed by atoms with van der Waals surface area (Å²) in [5, 5.41) is 6.85. The van der Waals surface area contributed by atoms with Crippen LogP contribution in [0.4, 0.5) is 0 Å². The summed E-state index contributed by atoms with van der Waals surface area (Å²) in [6.07, 6.45) is 12.8. The summed E-state index contributed by atoms with van der Waals surface area (Å²) in [7, 11) is 0. The average molecular weight is 657 g/mol. The van der Waals surface area contributed by atoms with Crippen LogP contribution in [-0.4, -0.2) is 36.3 Å². The second-order valence-electron chi connectivity index (χ2n) is 18.9. The smallest absolute Gasteiger partial charge is 0.312 e. The third-order valence-corrected chi connectivity index (χ3v) is 16.0. The quantitative estimate of drug-likeness (QED) is 0.315. The molecule has 6 nitrogen and oxygen atoms in total. The molecule has 0 unspecified atom stereocenters. The molecular weight excluding hydrogens is 596 g/mol. The first-order chi connectivity index (χ1) is 22.6. The lowest BCUT2D eigenvalue weighted by molar-refractivity contribution is -0.190. The van der Waals surface area contributed by atoms with E-state index >= 15 is 0 Å². The van der Waals surface area contributed by atoms with Gasteiger partial charge in [0, 0.05) is 12.0 Å². The molecule has 5 fully saturated rings. The van der Waals surface area contributed by atoms with E-state index in [2.05, 4.69) is 65.2 Å². The minimum absolute atomic E-state index is 0.0416. The monoisotopic (exact) mass is 656 g/mol. The molecule has 6 aliphatic rings. The van der Waals surface area contributed by atoms with Gasteiger partial charge in [0.25, 0.3) is 0 Å². The fourth-order valence-electron chi connectivity index (χ4n) is 12.7. The van der Waals surface area contributed by atoms with Crippen LogP contribution in [0, 0.1) is 50.2 Å². The normalized spacial score (nSPS) is 44.7. The van der Waals surface area contributed by atoms with E-state index in [4.69, 9.17) is 4.74 Å². The zero-order chi connectivity index (χ0) is 34.3. The number of rotatable bonds is 5. The maximum atomic E-state index is 14.8. The number of carbonyl (C=O) groups excluding carboxylic acids is 3. The van der Waals surface area contributed by atoms with Gasteiger partial charge in [-0.3, -0.25) is 14.4 Å². The minimum atomic E-state index is -0.566. The van der Waals surface area contributed by atoms with Crippen molar-refractivity contribution in [1.82, 2.24) is 10.6 Å². The van der Waals surface area contributed by atoms with E-state index in [0.29, 0.717) is 18.3 Å². The Kier molecular flexibility index (Phi) is 8.17. The third-order valence-electron chi connectivity index (χ3n) is 16.0. The molecule has 0 aromatic heterocycles. The average Bonchev–Trinajstić information content (AvgIpc) is 3.59. The number of esters is 1. The molecule has 0 bridgehead atoms. The number of benzene rings is 1. The molecule has 2 N–H and O–H groups in total. The van der Waals surface area contributed by atoms with Crippen LogP contribution in [0.5, 0.6) is 0 Å². The first kappa shape index (κ1) is 34.0. The lowest BCUT2D eigenvalue weighted by Gasteiger charge is -2.70. The lowest BCUT2D eigenvalue weighted by Crippen LogP contribution is -2.68. The fraction of sp³-hybridized carbons (Fsp3) is 0.738. The second-order valence-corrected chi connectivity index (χ2v) is 18.9. The molecule has 1 aromatic carbocycles. The van der Waals surface area contributed by atoms with E-state index in [-0.39, 0.29) is 62.9 Å². The number of fused-ring (bicyclic) bond motifs is 7. The second kappa shape index (κ2) is 11.5. The Balaban J connectivity index is 1.16. The molecule has 0 radical (unpaired) electrons. The zero-order valence-corrected chi connectivity index (χ0v) is 30.7. The topological polar surface area (TPSA) is 84.5 Å². The van der Waals surface area contributed by atoms with E-state index in [1.54, 1.807) is 0 Å². The lowest BCUT2D eigenvalue weighted by atomic mass is 9.33. The summed E-state index contributed by atoms with van der Waals surface area (Å²) in [4.78, 5) is 41.8. The Bertz CT molecular complexity index is 1500. The summed E-state index contributed by atoms with van der Waals surface area (Å²) >= 11 is 0. The molecule has 1 aromatic rings. The van der Waals surface area contributed by atoms with Gasteiger partial charge in [0.2, 0.25) is 5.91 Å². The molecule has 5 aliphatic carbocycles. The zero-order valence-electron chi connectivity index (χ0n) is 30.7. The molecule has 0 spiro atoms. The Hall–Kier alpha value is -2.47. The SMILES string of the molecule is CC1(C)[C@@H](NC(=O)[C@@H]2CCCN2)CC[C@]2(C)[C@H]3C(=O)C=C4[C@@H]5C[C@@](C)(C(=O)OCc6ccccc6)CC[C@]5(C)CC[C@@]4(C)[C@]3(C)CC[C@@H]12. The van der Waals surface area contributed by atoms with Gasteiger partial charge in [-0.05, 0) is 135 Å². The predicted molar refractivity (Wildman–Crippen MR) is 189 cm³/mol. The number of ether oxygens (including phenoxy) is 1. The minimum Gasteiger partial charge on any atom is -0.460 e. The van der Waals surface area contributed by atoms with E-state index in [1.165, 1.54) is 5.57 Å². The summed E-state index contributed by atoms with van der Waals surface area (Å²) in [6.45, 7) is 17.8. The molecule has 6 heteroatoms. The van der Waals surface area contributed by atoms with Crippen molar-refractivity contribution in [2.24, 2.45) is 50.2 Å². The summed E-state index contributed by atoms with van der Waals surface area (Å²) in [5.41, 5.74) is 1.37. The van der Waals surface area contributed by atoms with Crippen molar-refractivity contribution in [3.8, 4) is 0 Å². The van der Waals surface area contributed by atoms with Gasteiger partial charge in [-0.2, -0.15) is 0 Å². The highest BCUT2D eigenvalue weighted by molar-refractivity contribution is 5.95. The van der Waals surface area contributed by atoms with E-state index < -0.39 is 5.41 Å². The number of amides is 1. The van der Waals surface area contributed by atoms with E-state index in [1.807, 2.05) is 30.3 Å². The summed E-state index contributed by atoms with van der Waals surface area (Å²) in [5.74, 6) is 0.868. The van der Waals surface area contributed by atoms with Gasteiger partial charge in [0.05, 0.1) is 11.5 Å². The van der Waals surface area contributed by atoms with Gasteiger partial charge >= 0.3 is 5.97 Å². The Morgan fingerprint density at radius 1 is 0.896 bits per heavy atom. The van der Waals surface area contributed by atoms with Crippen LogP contribution in [0.25, 0.3) is 0 Å². The fourth-order valence-corrected chi connectivity index (χ4v) is 12.7. The molecule has 4 saturated carbocycles. The molecule has 7 rings (SSSR count). The Morgan fingerprint density at radius 2 is 1.62 bits per heavy atom. The number of carbonyl (C=O) groups is 3. The highest BCUT2D eigenvalue weighted by Crippen LogP contribution is 2.75. The van der Waals surface area contributed by atoms with Crippen LogP contribution < -0.4 is 10.6 Å². The number of allylic oxidation sites excluding steroid dienone is 2. The maximum absolute atomic E-state index is 14.8. The molecular formula is C42H60N2O4. The highest BCUT2D eigenvalue weighted by atomic mass is 16.5. The summed E-state index contributed by atoms with van der Waals surface area (Å²) < 4.78 is 5.97. The molecule has 1 heterocycles. The predicted octanol–water partition coefficient (Wildman–Crippen LogP) is 7.95. The van der Waals surface area contributed by atoms with Crippen LogP contribution in [0.1, 0.15) is 125 Å². The van der Waals surface area contributed by atoms with Crippen molar-refractivity contribution in [3.05, 3.63) is 47.5 Å². The van der Waals surface area contributed by atoms with Gasteiger partial charge < -0.3 is 15.4 Å². The van der Waals surface area contributed by atoms with Gasteiger partial charge in [0.15, 0.2) is 5.78 Å². The van der Waals surface area contributed by atoms with E-state index in [0.717, 1.165) is 82.7 Å². The van der Waals surface area contributed by atoms with Gasteiger partial charge in [-0.15, -0.1) is 0 Å². The van der Waals surface area contributed by atoms with Crippen molar-refractivity contribution in [1.29, 1.82) is 0 Å². The number of ketones is 1. The van der Waals surface area contributed by atoms with Crippen molar-refractivity contribution < 1.29 is 19.1 Å². The van der Waals surface area contributed by atoms with Crippen molar-refractivity contribution in [3.63, 3.8) is 0 Å². The first-order valence-corrected chi connectivity index (χ1v) is 19.1. The Labute approximate surface area is 289 Å². The van der Waals surface area contributed by atoms with Crippen molar-refractivity contribution in [2.75, 3.05) is 6.54 Å². The van der Waals surface area contributed by atoms with Crippen LogP contribution in [0.3, 0.4) is 0 Å². The highest BCUT2D eigenvalue weighted by Gasteiger charge is 2.70.